The van der Waals surface area contributed by atoms with Gasteiger partial charge in [-0.3, -0.25) is 14.4 Å². The zero-order chi connectivity index (χ0) is 25.8. The number of ether oxygens (including phenoxy) is 1. The van der Waals surface area contributed by atoms with E-state index in [9.17, 15) is 18.8 Å². The normalized spacial score (nSPS) is 18.4. The van der Waals surface area contributed by atoms with Crippen molar-refractivity contribution in [3.63, 3.8) is 0 Å². The van der Waals surface area contributed by atoms with Crippen molar-refractivity contribution in [2.24, 2.45) is 0 Å². The number of benzene rings is 2. The Balaban J connectivity index is 1.59. The molecule has 2 aliphatic rings. The summed E-state index contributed by atoms with van der Waals surface area (Å²) in [6.07, 6.45) is 0.901. The quantitative estimate of drug-likeness (QED) is 0.615. The van der Waals surface area contributed by atoms with Gasteiger partial charge < -0.3 is 19.4 Å². The minimum atomic E-state index is -0.656. The molecule has 1 fully saturated rings. The highest BCUT2D eigenvalue weighted by Crippen LogP contribution is 2.38. The second-order valence-corrected chi connectivity index (χ2v) is 9.35. The first-order chi connectivity index (χ1) is 17.3. The molecule has 2 atom stereocenters. The van der Waals surface area contributed by atoms with Crippen molar-refractivity contribution in [2.75, 3.05) is 32.7 Å². The zero-order valence-corrected chi connectivity index (χ0v) is 21.2. The number of halogens is 1. The van der Waals surface area contributed by atoms with E-state index in [2.05, 4.69) is 0 Å². The highest BCUT2D eigenvalue weighted by Gasteiger charge is 2.33. The molecule has 0 aromatic heterocycles. The Morgan fingerprint density at radius 1 is 1.00 bits per heavy atom. The molecule has 0 radical (unpaired) electrons. The predicted octanol–water partition coefficient (Wildman–Crippen LogP) is 3.56. The molecule has 192 valence electrons. The summed E-state index contributed by atoms with van der Waals surface area (Å²) >= 11 is 0. The smallest absolute Gasteiger partial charge is 0.263 e. The Kier molecular flexibility index (Phi) is 7.91. The van der Waals surface area contributed by atoms with Crippen molar-refractivity contribution in [1.82, 2.24) is 14.7 Å². The summed E-state index contributed by atoms with van der Waals surface area (Å²) in [6, 6.07) is 11.7. The van der Waals surface area contributed by atoms with Crippen molar-refractivity contribution in [3.8, 4) is 5.75 Å². The van der Waals surface area contributed by atoms with Crippen LogP contribution in [0, 0.1) is 5.82 Å². The highest BCUT2D eigenvalue weighted by molar-refractivity contribution is 5.82. The average Bonchev–Trinajstić information content (AvgIpc) is 2.90. The molecule has 0 saturated carbocycles. The topological polar surface area (TPSA) is 70.2 Å². The first kappa shape index (κ1) is 25.7. The molecule has 8 heteroatoms. The molecule has 0 unspecified atom stereocenters. The maximum absolute atomic E-state index is 14.1. The standard InChI is InChI=1S/C28H34FN3O4/c1-4-25(28(35)31-15-13-30(14-16-31)19(3)33)36-23-10-9-20-11-12-32(26(34)5-2)27(24(20)18-23)21-7-6-8-22(29)17-21/h6-10,17-18,25,27H,4-5,11-16H2,1-3H3/t25-,27-/m0/s1. The first-order valence-electron chi connectivity index (χ1n) is 12.7. The van der Waals surface area contributed by atoms with E-state index < -0.39 is 12.1 Å². The van der Waals surface area contributed by atoms with Gasteiger partial charge >= 0.3 is 0 Å². The fourth-order valence-corrected chi connectivity index (χ4v) is 5.09. The number of amides is 3. The summed E-state index contributed by atoms with van der Waals surface area (Å²) in [5.41, 5.74) is 2.68. The number of hydrogen-bond donors (Lipinski definition) is 0. The SMILES string of the molecule is CCC(=O)N1CCc2ccc(O[C@@H](CC)C(=O)N3CCN(C(C)=O)CC3)cc2[C@@H]1c1cccc(F)c1. The summed E-state index contributed by atoms with van der Waals surface area (Å²) in [5, 5.41) is 0. The Hall–Kier alpha value is -3.42. The maximum Gasteiger partial charge on any atom is 0.263 e. The molecule has 4 rings (SSSR count). The Bertz CT molecular complexity index is 1130. The van der Waals surface area contributed by atoms with E-state index in [1.807, 2.05) is 38.1 Å². The molecule has 7 nitrogen and oxygen atoms in total. The summed E-state index contributed by atoms with van der Waals surface area (Å²) in [6.45, 7) is 7.84. The van der Waals surface area contributed by atoms with Gasteiger partial charge in [-0.2, -0.15) is 0 Å². The van der Waals surface area contributed by atoms with Crippen LogP contribution < -0.4 is 4.74 Å². The molecule has 2 aliphatic heterocycles. The number of fused-ring (bicyclic) bond motifs is 1. The number of carbonyl (C=O) groups is 3. The molecule has 1 saturated heterocycles. The maximum atomic E-state index is 14.1. The Labute approximate surface area is 211 Å². The molecule has 2 heterocycles. The van der Waals surface area contributed by atoms with Gasteiger partial charge in [0.2, 0.25) is 11.8 Å². The highest BCUT2D eigenvalue weighted by atomic mass is 19.1. The third kappa shape index (κ3) is 5.37. The molecule has 3 amide bonds. The third-order valence-corrected chi connectivity index (χ3v) is 7.09. The summed E-state index contributed by atoms with van der Waals surface area (Å²) in [5.74, 6) is 0.124. The lowest BCUT2D eigenvalue weighted by Crippen LogP contribution is -2.53. The number of hydrogen-bond acceptors (Lipinski definition) is 4. The lowest BCUT2D eigenvalue weighted by molar-refractivity contribution is -0.143. The van der Waals surface area contributed by atoms with Gasteiger partial charge in [-0.25, -0.2) is 4.39 Å². The van der Waals surface area contributed by atoms with Gasteiger partial charge in [0.15, 0.2) is 6.10 Å². The van der Waals surface area contributed by atoms with E-state index in [4.69, 9.17) is 4.74 Å². The molecule has 0 spiro atoms. The van der Waals surface area contributed by atoms with Crippen molar-refractivity contribution in [2.45, 2.75) is 52.2 Å². The molecule has 36 heavy (non-hydrogen) atoms. The van der Waals surface area contributed by atoms with Gasteiger partial charge in [0.25, 0.3) is 5.91 Å². The number of carbonyl (C=O) groups excluding carboxylic acids is 3. The van der Waals surface area contributed by atoms with Crippen LogP contribution in [0.15, 0.2) is 42.5 Å². The van der Waals surface area contributed by atoms with Gasteiger partial charge in [0.05, 0.1) is 6.04 Å². The molecule has 0 N–H and O–H groups in total. The van der Waals surface area contributed by atoms with Gasteiger partial charge in [0, 0.05) is 46.1 Å². The van der Waals surface area contributed by atoms with Crippen LogP contribution >= 0.6 is 0 Å². The van der Waals surface area contributed by atoms with E-state index in [1.165, 1.54) is 19.1 Å². The fourth-order valence-electron chi connectivity index (χ4n) is 5.09. The minimum absolute atomic E-state index is 0.00699. The summed E-state index contributed by atoms with van der Waals surface area (Å²) in [4.78, 5) is 42.9. The van der Waals surface area contributed by atoms with Crippen LogP contribution in [0.25, 0.3) is 0 Å². The van der Waals surface area contributed by atoms with Crippen LogP contribution in [0.1, 0.15) is 56.3 Å². The molecule has 0 bridgehead atoms. The van der Waals surface area contributed by atoms with Crippen LogP contribution in [-0.2, 0) is 20.8 Å². The lowest BCUT2D eigenvalue weighted by Gasteiger charge is -2.38. The van der Waals surface area contributed by atoms with Gasteiger partial charge in [0.1, 0.15) is 11.6 Å². The van der Waals surface area contributed by atoms with E-state index in [1.54, 1.807) is 20.8 Å². The van der Waals surface area contributed by atoms with Crippen LogP contribution in [-0.4, -0.2) is 71.2 Å². The van der Waals surface area contributed by atoms with Crippen LogP contribution in [0.3, 0.4) is 0 Å². The van der Waals surface area contributed by atoms with Crippen molar-refractivity contribution < 1.29 is 23.5 Å². The van der Waals surface area contributed by atoms with Crippen LogP contribution in [0.2, 0.25) is 0 Å². The Morgan fingerprint density at radius 3 is 2.36 bits per heavy atom. The van der Waals surface area contributed by atoms with E-state index in [-0.39, 0.29) is 23.5 Å². The largest absolute Gasteiger partial charge is 0.481 e. The predicted molar refractivity (Wildman–Crippen MR) is 134 cm³/mol. The van der Waals surface area contributed by atoms with Gasteiger partial charge in [-0.15, -0.1) is 0 Å². The van der Waals surface area contributed by atoms with Gasteiger partial charge in [-0.05, 0) is 53.8 Å². The van der Waals surface area contributed by atoms with Crippen molar-refractivity contribution >= 4 is 17.7 Å². The third-order valence-electron chi connectivity index (χ3n) is 7.09. The van der Waals surface area contributed by atoms with E-state index >= 15 is 0 Å². The number of piperazine rings is 1. The fraction of sp³-hybridized carbons (Fsp3) is 0.464. The lowest BCUT2D eigenvalue weighted by atomic mass is 9.87. The second kappa shape index (κ2) is 11.1. The number of nitrogens with zero attached hydrogens (tertiary/aromatic N) is 3. The van der Waals surface area contributed by atoms with Crippen LogP contribution in [0.4, 0.5) is 4.39 Å². The summed E-state index contributed by atoms with van der Waals surface area (Å²) in [7, 11) is 0. The first-order valence-corrected chi connectivity index (χ1v) is 12.7. The minimum Gasteiger partial charge on any atom is -0.481 e. The zero-order valence-electron chi connectivity index (χ0n) is 21.2. The number of rotatable bonds is 6. The van der Waals surface area contributed by atoms with Gasteiger partial charge in [-0.1, -0.05) is 32.0 Å². The molecule has 2 aromatic carbocycles. The second-order valence-electron chi connectivity index (χ2n) is 9.35. The molecular weight excluding hydrogens is 461 g/mol. The average molecular weight is 496 g/mol. The molecule has 0 aliphatic carbocycles. The monoisotopic (exact) mass is 495 g/mol. The van der Waals surface area contributed by atoms with Crippen molar-refractivity contribution in [1.29, 1.82) is 0 Å². The Morgan fingerprint density at radius 2 is 1.72 bits per heavy atom. The van der Waals surface area contributed by atoms with E-state index in [0.29, 0.717) is 63.3 Å². The van der Waals surface area contributed by atoms with Crippen LogP contribution in [0.5, 0.6) is 5.75 Å². The van der Waals surface area contributed by atoms with E-state index in [0.717, 1.165) is 11.1 Å². The van der Waals surface area contributed by atoms with Crippen molar-refractivity contribution in [3.05, 3.63) is 65.0 Å². The molecule has 2 aromatic rings. The molecular formula is C28H34FN3O4. The summed E-state index contributed by atoms with van der Waals surface area (Å²) < 4.78 is 20.3.